The number of cyclic esters (lactones) is 1. The average molecular weight is 1460 g/mol. The number of anilines is 1. The van der Waals surface area contributed by atoms with Crippen molar-refractivity contribution in [2.45, 2.75) is 171 Å². The molecular weight excluding hydrogens is 1380 g/mol. The lowest BCUT2D eigenvalue weighted by Crippen LogP contribution is -2.61. The van der Waals surface area contributed by atoms with Gasteiger partial charge in [-0.05, 0) is 63.3 Å². The van der Waals surface area contributed by atoms with Crippen LogP contribution in [0.1, 0.15) is 108 Å². The number of hydrogen-bond acceptors (Lipinski definition) is 23. The zero-order valence-electron chi connectivity index (χ0n) is 56.9. The molecule has 2 heterocycles. The molecule has 1 aliphatic heterocycles. The summed E-state index contributed by atoms with van der Waals surface area (Å²) in [5.41, 5.74) is 13.2. The number of aliphatic hydroxyl groups excluding tert-OH is 1. The van der Waals surface area contributed by atoms with Crippen molar-refractivity contribution in [3.8, 4) is 0 Å². The van der Waals surface area contributed by atoms with Crippen LogP contribution in [0.4, 0.5) is 5.69 Å². The number of benzene rings is 2. The highest BCUT2D eigenvalue weighted by Gasteiger charge is 2.41. The van der Waals surface area contributed by atoms with E-state index in [0.717, 1.165) is 27.7 Å². The van der Waals surface area contributed by atoms with Crippen LogP contribution in [0.15, 0.2) is 54.7 Å². The Balaban J connectivity index is 1.86. The summed E-state index contributed by atoms with van der Waals surface area (Å²) < 4.78 is 5.65. The molecule has 0 aliphatic carbocycles. The number of aromatic amines is 1. The number of aliphatic carboxylic acids is 4. The number of carbonyl (C=O) groups excluding carboxylic acids is 15. The van der Waals surface area contributed by atoms with E-state index in [1.165, 1.54) is 24.3 Å². The van der Waals surface area contributed by atoms with Gasteiger partial charge in [0.25, 0.3) is 0 Å². The molecule has 1 aromatic heterocycles. The van der Waals surface area contributed by atoms with E-state index in [0.29, 0.717) is 22.9 Å². The number of Topliss-reactive ketones (excluding diaryl/α,β-unsaturated/α-hetero) is 2. The number of para-hydroxylation sites is 2. The number of nitrogens with two attached hydrogens (primary N) is 2. The summed E-state index contributed by atoms with van der Waals surface area (Å²) in [6.45, 7) is 2.06. The molecule has 566 valence electrons. The summed E-state index contributed by atoms with van der Waals surface area (Å²) in [6, 6.07) is -9.68. The molecule has 0 spiro atoms. The molecule has 22 N–H and O–H groups in total. The number of unbranched alkanes of at least 4 members (excludes halogenated alkanes) is 1. The minimum Gasteiger partial charge on any atom is -0.481 e. The molecule has 1 saturated heterocycles. The van der Waals surface area contributed by atoms with Gasteiger partial charge in [0.2, 0.25) is 70.9 Å². The van der Waals surface area contributed by atoms with Crippen molar-refractivity contribution in [3.63, 3.8) is 0 Å². The number of esters is 1. The lowest BCUT2D eigenvalue weighted by atomic mass is 9.96. The summed E-state index contributed by atoms with van der Waals surface area (Å²) >= 11 is 0. The number of aliphatic hydroxyl groups is 1. The fourth-order valence-corrected chi connectivity index (χ4v) is 10.3. The predicted octanol–water partition coefficient (Wildman–Crippen LogP) is -6.36. The van der Waals surface area contributed by atoms with E-state index in [2.05, 4.69) is 52.8 Å². The summed E-state index contributed by atoms with van der Waals surface area (Å²) in [5, 5.41) is 75.9. The molecule has 104 heavy (non-hydrogen) atoms. The topological polar surface area (TPSA) is 647 Å². The van der Waals surface area contributed by atoms with Gasteiger partial charge in [-0.1, -0.05) is 57.0 Å². The van der Waals surface area contributed by atoms with Gasteiger partial charge in [-0.15, -0.1) is 0 Å². The Kier molecular flexibility index (Phi) is 32.9. The Labute approximate surface area is 591 Å². The summed E-state index contributed by atoms with van der Waals surface area (Å²) in [6.07, 6.45) is -6.95. The Morgan fingerprint density at radius 3 is 1.72 bits per heavy atom. The molecule has 40 nitrogen and oxygen atoms in total. The van der Waals surface area contributed by atoms with E-state index in [4.69, 9.17) is 16.2 Å². The zero-order valence-corrected chi connectivity index (χ0v) is 56.9. The van der Waals surface area contributed by atoms with Crippen LogP contribution in [-0.4, -0.2) is 235 Å². The van der Waals surface area contributed by atoms with E-state index in [1.807, 2.05) is 16.0 Å². The van der Waals surface area contributed by atoms with Crippen LogP contribution in [0.3, 0.4) is 0 Å². The first-order chi connectivity index (χ1) is 48.9. The van der Waals surface area contributed by atoms with E-state index < -0.39 is 249 Å². The van der Waals surface area contributed by atoms with Gasteiger partial charge in [-0.3, -0.25) is 86.3 Å². The lowest BCUT2D eigenvalue weighted by Gasteiger charge is -2.30. The number of carbonyl (C=O) groups is 19. The minimum atomic E-state index is -2.38. The largest absolute Gasteiger partial charge is 0.481 e. The summed E-state index contributed by atoms with van der Waals surface area (Å²) in [4.78, 5) is 260. The van der Waals surface area contributed by atoms with Crippen molar-refractivity contribution in [1.82, 2.24) is 68.8 Å². The van der Waals surface area contributed by atoms with Crippen molar-refractivity contribution >= 4 is 129 Å². The van der Waals surface area contributed by atoms with Gasteiger partial charge in [-0.25, -0.2) is 4.79 Å². The lowest BCUT2D eigenvalue weighted by molar-refractivity contribution is -0.156. The molecule has 1 aliphatic rings. The predicted molar refractivity (Wildman–Crippen MR) is 356 cm³/mol. The highest BCUT2D eigenvalue weighted by molar-refractivity contribution is 6.05. The van der Waals surface area contributed by atoms with Gasteiger partial charge >= 0.3 is 29.8 Å². The number of nitrogens with one attached hydrogen (secondary N) is 13. The second kappa shape index (κ2) is 40.5. The van der Waals surface area contributed by atoms with Gasteiger partial charge < -0.3 is 111 Å². The highest BCUT2D eigenvalue weighted by atomic mass is 16.5. The van der Waals surface area contributed by atoms with Gasteiger partial charge in [0.1, 0.15) is 72.3 Å². The Morgan fingerprint density at radius 1 is 0.587 bits per heavy atom. The first-order valence-corrected chi connectivity index (χ1v) is 32.4. The maximum Gasteiger partial charge on any atom is 0.329 e. The van der Waals surface area contributed by atoms with E-state index in [1.54, 1.807) is 37.4 Å². The standard InChI is InChI=1S/C64H85N15O25/c1-6-7-15-38-57(96)75-41(22-50(89)90)58(97)70-30(4)54(93)73-40(21-49(87)88)56(95)68-25-47(84)72-44(27-80)61(100)78-52(28(2)17-48(85)86)63(102)77-43(20-45(82)34-13-8-10-14-35(34)65)64(103)104-31(5)53(62(101)69-26-46(83)71-38)79-60(99)42(23-51(91)92)76-59(98)39(18-29(3)81)74-55(94)36(66)19-32-24-67-37-16-11-9-12-33(32)37/h8-14,16,24,28,30-31,36,38-44,52-53,67,80H,6-7,15,17-23,25-27,65-66H2,1-5H3,(H,68,95)(H,69,101)(H,70,97)(H,71,83)(H,72,84)(H,73,93)(H,74,94)(H,75,96)(H,76,98)(H,77,102)(H,78,100)(H,79,99)(H,85,86)(H,87,88)(H,89,90)(H,91,92)/t28?,30?,31?,36-,38?,39-,40?,41?,42?,43?,44?,52?,53?/m1/s1. The Hall–Kier alpha value is -12.0. The number of hydrogen-bond donors (Lipinski definition) is 20. The number of aromatic nitrogens is 1. The van der Waals surface area contributed by atoms with Crippen molar-refractivity contribution < 1.29 is 121 Å². The van der Waals surface area contributed by atoms with Gasteiger partial charge in [0, 0.05) is 41.2 Å². The zero-order chi connectivity index (χ0) is 77.8. The number of fused-ring (bicyclic) bond motifs is 1. The molecule has 1 fully saturated rings. The molecule has 0 saturated carbocycles. The third-order valence-corrected chi connectivity index (χ3v) is 15.8. The van der Waals surface area contributed by atoms with Crippen LogP contribution in [-0.2, 0) is 97.5 Å². The molecular formula is C64H85N15O25. The SMILES string of the molecule is CCCCC1NC(=O)CNC(=O)C(NC(=O)C(CC(=O)O)NC(=O)[C@@H](CC(C)=O)NC(=O)[C@H](N)Cc2c[nH]c3ccccc23)C(C)OC(=O)C(CC(=O)c2ccccc2N)NC(=O)C(C(C)CC(=O)O)NC(=O)C(CO)NC(=O)CNC(=O)C(CC(=O)O)NC(=O)C(C)NC(=O)C(CC(=O)O)NC1=O. The van der Waals surface area contributed by atoms with Crippen LogP contribution in [0.5, 0.6) is 0 Å². The number of nitrogen functional groups attached to an aromatic ring is 1. The van der Waals surface area contributed by atoms with Crippen LogP contribution in [0.2, 0.25) is 0 Å². The van der Waals surface area contributed by atoms with Crippen LogP contribution >= 0.6 is 0 Å². The maximum atomic E-state index is 14.7. The van der Waals surface area contributed by atoms with Crippen LogP contribution in [0, 0.1) is 5.92 Å². The smallest absolute Gasteiger partial charge is 0.329 e. The quantitative estimate of drug-likeness (QED) is 0.0202. The van der Waals surface area contributed by atoms with Gasteiger partial charge in [0.15, 0.2) is 5.78 Å². The molecule has 13 atom stereocenters. The number of rotatable bonds is 26. The average Bonchev–Trinajstić information content (AvgIpc) is 1.32. The Morgan fingerprint density at radius 2 is 1.12 bits per heavy atom. The van der Waals surface area contributed by atoms with Crippen molar-refractivity contribution in [3.05, 3.63) is 65.9 Å². The monoisotopic (exact) mass is 1460 g/mol. The number of carboxylic acid groups (broad SMARTS) is 4. The third-order valence-electron chi connectivity index (χ3n) is 15.8. The molecule has 11 unspecified atom stereocenters. The van der Waals surface area contributed by atoms with E-state index in [9.17, 15) is 117 Å². The summed E-state index contributed by atoms with van der Waals surface area (Å²) in [7, 11) is 0. The number of carboxylic acids is 4. The number of amides is 12. The molecule has 3 aromatic rings. The van der Waals surface area contributed by atoms with Gasteiger partial charge in [-0.2, -0.15) is 0 Å². The van der Waals surface area contributed by atoms with Crippen LogP contribution in [0.25, 0.3) is 10.9 Å². The molecule has 4 rings (SSSR count). The molecule has 12 amide bonds. The molecule has 0 bridgehead atoms. The fourth-order valence-electron chi connectivity index (χ4n) is 10.3. The van der Waals surface area contributed by atoms with E-state index in [-0.39, 0.29) is 30.5 Å². The number of H-pyrrole nitrogens is 1. The normalized spacial score (nSPS) is 22.2. The first-order valence-electron chi connectivity index (χ1n) is 32.4. The maximum absolute atomic E-state index is 14.7. The second-order valence-corrected chi connectivity index (χ2v) is 24.3. The van der Waals surface area contributed by atoms with E-state index >= 15 is 0 Å². The number of ketones is 2. The van der Waals surface area contributed by atoms with Gasteiger partial charge in [0.05, 0.1) is 51.4 Å². The third kappa shape index (κ3) is 26.8. The molecule has 2 aromatic carbocycles. The molecule has 40 heteroatoms. The Bertz CT molecular complexity index is 3750. The summed E-state index contributed by atoms with van der Waals surface area (Å²) in [5.74, 6) is -27.9. The first kappa shape index (κ1) is 84.4. The van der Waals surface area contributed by atoms with Crippen molar-refractivity contribution in [1.29, 1.82) is 0 Å². The van der Waals surface area contributed by atoms with Crippen LogP contribution < -0.4 is 75.3 Å². The fraction of sp³-hybridized carbons (Fsp3) is 0.484. The number of ether oxygens (including phenoxy) is 1. The van der Waals surface area contributed by atoms with Crippen molar-refractivity contribution in [2.24, 2.45) is 11.7 Å². The minimum absolute atomic E-state index is 0.106. The highest BCUT2D eigenvalue weighted by Crippen LogP contribution is 2.20. The second-order valence-electron chi connectivity index (χ2n) is 24.3. The van der Waals surface area contributed by atoms with Crippen molar-refractivity contribution in [2.75, 3.05) is 25.4 Å². The molecule has 0 radical (unpaired) electrons.